The van der Waals surface area contributed by atoms with Gasteiger partial charge in [0.2, 0.25) is 5.91 Å². The molecule has 1 amide bonds. The SMILES string of the molecule is CCCCCCc1ccc(-c2ccc(CC(=O)N3CCCC3CN3CCCC3)cc2)cc1. The molecule has 2 aromatic carbocycles. The van der Waals surface area contributed by atoms with Gasteiger partial charge in [-0.05, 0) is 73.9 Å². The zero-order chi connectivity index (χ0) is 22.2. The van der Waals surface area contributed by atoms with Gasteiger partial charge in [-0.2, -0.15) is 0 Å². The summed E-state index contributed by atoms with van der Waals surface area (Å²) in [6.07, 6.45) is 11.9. The average Bonchev–Trinajstić information content (AvgIpc) is 3.50. The summed E-state index contributed by atoms with van der Waals surface area (Å²) in [4.78, 5) is 17.7. The molecule has 0 bridgehead atoms. The summed E-state index contributed by atoms with van der Waals surface area (Å²) in [5.74, 6) is 0.298. The summed E-state index contributed by atoms with van der Waals surface area (Å²) in [5, 5.41) is 0. The first-order valence-electron chi connectivity index (χ1n) is 12.9. The molecule has 2 saturated heterocycles. The van der Waals surface area contributed by atoms with Crippen molar-refractivity contribution in [2.45, 2.75) is 77.2 Å². The lowest BCUT2D eigenvalue weighted by Crippen LogP contribution is -2.43. The number of amides is 1. The van der Waals surface area contributed by atoms with E-state index in [1.54, 1.807) is 0 Å². The van der Waals surface area contributed by atoms with Gasteiger partial charge in [-0.3, -0.25) is 4.79 Å². The maximum absolute atomic E-state index is 13.0. The standard InChI is InChI=1S/C29H40N2O/c1-2-3-4-5-9-24-11-15-26(16-12-24)27-17-13-25(14-18-27)22-29(32)31-21-8-10-28(31)23-30-19-6-7-20-30/h11-18,28H,2-10,19-23H2,1H3. The lowest BCUT2D eigenvalue weighted by Gasteiger charge is -2.28. The van der Waals surface area contributed by atoms with Crippen LogP contribution in [0.25, 0.3) is 11.1 Å². The van der Waals surface area contributed by atoms with E-state index in [1.807, 2.05) is 0 Å². The number of benzene rings is 2. The van der Waals surface area contributed by atoms with Crippen molar-refractivity contribution < 1.29 is 4.79 Å². The van der Waals surface area contributed by atoms with Gasteiger partial charge in [0.25, 0.3) is 0 Å². The highest BCUT2D eigenvalue weighted by Crippen LogP contribution is 2.24. The number of carbonyl (C=O) groups excluding carboxylic acids is 1. The van der Waals surface area contributed by atoms with E-state index < -0.39 is 0 Å². The van der Waals surface area contributed by atoms with Crippen molar-refractivity contribution in [1.82, 2.24) is 9.80 Å². The zero-order valence-corrected chi connectivity index (χ0v) is 19.9. The minimum Gasteiger partial charge on any atom is -0.338 e. The topological polar surface area (TPSA) is 23.6 Å². The van der Waals surface area contributed by atoms with Crippen LogP contribution in [-0.2, 0) is 17.6 Å². The van der Waals surface area contributed by atoms with Gasteiger partial charge >= 0.3 is 0 Å². The van der Waals surface area contributed by atoms with Crippen molar-refractivity contribution in [2.75, 3.05) is 26.2 Å². The molecule has 3 heteroatoms. The van der Waals surface area contributed by atoms with E-state index >= 15 is 0 Å². The molecule has 1 atom stereocenters. The highest BCUT2D eigenvalue weighted by Gasteiger charge is 2.30. The van der Waals surface area contributed by atoms with E-state index in [2.05, 4.69) is 65.3 Å². The lowest BCUT2D eigenvalue weighted by atomic mass is 9.99. The van der Waals surface area contributed by atoms with Crippen LogP contribution in [0.1, 0.15) is 69.4 Å². The maximum Gasteiger partial charge on any atom is 0.227 e. The van der Waals surface area contributed by atoms with E-state index in [-0.39, 0.29) is 0 Å². The van der Waals surface area contributed by atoms with E-state index in [4.69, 9.17) is 0 Å². The average molecular weight is 433 g/mol. The molecule has 2 aliphatic heterocycles. The smallest absolute Gasteiger partial charge is 0.227 e. The Bertz CT molecular complexity index is 836. The molecule has 2 aromatic rings. The molecule has 1 unspecified atom stereocenters. The molecule has 3 nitrogen and oxygen atoms in total. The Balaban J connectivity index is 1.30. The van der Waals surface area contributed by atoms with Crippen molar-refractivity contribution in [3.8, 4) is 11.1 Å². The third kappa shape index (κ3) is 6.22. The van der Waals surface area contributed by atoms with Crippen molar-refractivity contribution >= 4 is 5.91 Å². The third-order valence-corrected chi connectivity index (χ3v) is 7.28. The molecule has 0 aromatic heterocycles. The highest BCUT2D eigenvalue weighted by atomic mass is 16.2. The fraction of sp³-hybridized carbons (Fsp3) is 0.552. The minimum absolute atomic E-state index is 0.298. The van der Waals surface area contributed by atoms with Crippen molar-refractivity contribution in [3.63, 3.8) is 0 Å². The number of likely N-dealkylation sites (tertiary alicyclic amines) is 2. The van der Waals surface area contributed by atoms with Crippen LogP contribution in [0.4, 0.5) is 0 Å². The predicted molar refractivity (Wildman–Crippen MR) is 134 cm³/mol. The summed E-state index contributed by atoms with van der Waals surface area (Å²) < 4.78 is 0. The van der Waals surface area contributed by atoms with E-state index in [9.17, 15) is 4.79 Å². The number of unbranched alkanes of at least 4 members (excludes halogenated alkanes) is 3. The van der Waals surface area contributed by atoms with Crippen LogP contribution in [-0.4, -0.2) is 47.9 Å². The van der Waals surface area contributed by atoms with Crippen molar-refractivity contribution in [1.29, 1.82) is 0 Å². The summed E-state index contributed by atoms with van der Waals surface area (Å²) in [6, 6.07) is 18.1. The van der Waals surface area contributed by atoms with Crippen molar-refractivity contribution in [3.05, 3.63) is 59.7 Å². The first-order chi connectivity index (χ1) is 15.7. The van der Waals surface area contributed by atoms with Gasteiger partial charge < -0.3 is 9.80 Å². The van der Waals surface area contributed by atoms with Crippen LogP contribution in [0.15, 0.2) is 48.5 Å². The van der Waals surface area contributed by atoms with Gasteiger partial charge in [-0.15, -0.1) is 0 Å². The van der Waals surface area contributed by atoms with Crippen LogP contribution in [0.2, 0.25) is 0 Å². The number of nitrogens with zero attached hydrogens (tertiary/aromatic N) is 2. The number of rotatable bonds is 10. The first-order valence-corrected chi connectivity index (χ1v) is 12.9. The molecule has 2 fully saturated rings. The molecule has 0 aliphatic carbocycles. The maximum atomic E-state index is 13.0. The normalized spacial score (nSPS) is 19.0. The first kappa shape index (κ1) is 23.0. The summed E-state index contributed by atoms with van der Waals surface area (Å²) in [7, 11) is 0. The molecule has 2 aliphatic rings. The Morgan fingerprint density at radius 2 is 1.47 bits per heavy atom. The zero-order valence-electron chi connectivity index (χ0n) is 19.9. The Morgan fingerprint density at radius 3 is 2.12 bits per heavy atom. The van der Waals surface area contributed by atoms with Gasteiger partial charge in [-0.1, -0.05) is 74.7 Å². The predicted octanol–water partition coefficient (Wildman–Crippen LogP) is 6.11. The second-order valence-corrected chi connectivity index (χ2v) is 9.77. The van der Waals surface area contributed by atoms with E-state index in [1.165, 1.54) is 74.7 Å². The van der Waals surface area contributed by atoms with Gasteiger partial charge in [-0.25, -0.2) is 0 Å². The van der Waals surface area contributed by atoms with Gasteiger partial charge in [0.05, 0.1) is 6.42 Å². The van der Waals surface area contributed by atoms with Gasteiger partial charge in [0.1, 0.15) is 0 Å². The van der Waals surface area contributed by atoms with Crippen LogP contribution in [0, 0.1) is 0 Å². The molecule has 0 radical (unpaired) electrons. The molecular weight excluding hydrogens is 392 g/mol. The second kappa shape index (κ2) is 11.7. The van der Waals surface area contributed by atoms with Crippen LogP contribution in [0.5, 0.6) is 0 Å². The molecule has 4 rings (SSSR count). The highest BCUT2D eigenvalue weighted by molar-refractivity contribution is 5.79. The second-order valence-electron chi connectivity index (χ2n) is 9.77. The molecular formula is C29H40N2O. The van der Waals surface area contributed by atoms with Gasteiger partial charge in [0, 0.05) is 19.1 Å². The quantitative estimate of drug-likeness (QED) is 0.423. The molecule has 2 heterocycles. The van der Waals surface area contributed by atoms with Crippen LogP contribution >= 0.6 is 0 Å². The fourth-order valence-electron chi connectivity index (χ4n) is 5.33. The summed E-state index contributed by atoms with van der Waals surface area (Å²) in [6.45, 7) is 6.67. The van der Waals surface area contributed by atoms with Crippen LogP contribution < -0.4 is 0 Å². The molecule has 0 N–H and O–H groups in total. The van der Waals surface area contributed by atoms with Crippen LogP contribution in [0.3, 0.4) is 0 Å². The third-order valence-electron chi connectivity index (χ3n) is 7.28. The molecule has 0 saturated carbocycles. The largest absolute Gasteiger partial charge is 0.338 e. The molecule has 0 spiro atoms. The Labute approximate surface area is 194 Å². The lowest BCUT2D eigenvalue weighted by molar-refractivity contribution is -0.131. The number of aryl methyl sites for hydroxylation is 1. The Morgan fingerprint density at radius 1 is 0.812 bits per heavy atom. The minimum atomic E-state index is 0.298. The Kier molecular flexibility index (Phi) is 8.39. The monoisotopic (exact) mass is 432 g/mol. The molecule has 172 valence electrons. The summed E-state index contributed by atoms with van der Waals surface area (Å²) in [5.41, 5.74) is 5.04. The summed E-state index contributed by atoms with van der Waals surface area (Å²) >= 11 is 0. The van der Waals surface area contributed by atoms with Crippen molar-refractivity contribution in [2.24, 2.45) is 0 Å². The number of carbonyl (C=O) groups is 1. The van der Waals surface area contributed by atoms with E-state index in [0.717, 1.165) is 31.5 Å². The van der Waals surface area contributed by atoms with E-state index in [0.29, 0.717) is 18.4 Å². The Hall–Kier alpha value is -2.13. The molecule has 32 heavy (non-hydrogen) atoms. The number of hydrogen-bond donors (Lipinski definition) is 0. The number of hydrogen-bond acceptors (Lipinski definition) is 2. The fourth-order valence-corrected chi connectivity index (χ4v) is 5.33. The van der Waals surface area contributed by atoms with Gasteiger partial charge in [0.15, 0.2) is 0 Å².